The van der Waals surface area contributed by atoms with E-state index < -0.39 is 17.1 Å². The molecule has 2 N–H and O–H groups in total. The maximum Gasteiger partial charge on any atom is 0.337 e. The number of carboxylic acid groups (broad SMARTS) is 1. The van der Waals surface area contributed by atoms with Gasteiger partial charge in [0, 0.05) is 6.54 Å². The Hall–Kier alpha value is -2.37. The zero-order chi connectivity index (χ0) is 15.8. The van der Waals surface area contributed by atoms with Crippen LogP contribution >= 0.6 is 0 Å². The first-order valence-electron chi connectivity index (χ1n) is 6.76. The molecule has 0 saturated carbocycles. The van der Waals surface area contributed by atoms with Gasteiger partial charge in [-0.1, -0.05) is 26.8 Å². The highest BCUT2D eigenvalue weighted by Crippen LogP contribution is 2.23. The van der Waals surface area contributed by atoms with Crippen LogP contribution in [0.3, 0.4) is 0 Å². The lowest BCUT2D eigenvalue weighted by molar-refractivity contribution is 0.0699. The van der Waals surface area contributed by atoms with Gasteiger partial charge in [0.25, 0.3) is 0 Å². The van der Waals surface area contributed by atoms with Gasteiger partial charge in [-0.15, -0.1) is 0 Å². The Morgan fingerprint density at radius 2 is 2.00 bits per heavy atom. The summed E-state index contributed by atoms with van der Waals surface area (Å²) in [5.41, 5.74) is -1.05. The molecule has 0 bridgehead atoms. The minimum absolute atomic E-state index is 0.0207. The molecule has 0 spiro atoms. The summed E-state index contributed by atoms with van der Waals surface area (Å²) in [6.07, 6.45) is 0.826. The number of rotatable bonds is 4. The van der Waals surface area contributed by atoms with E-state index in [-0.39, 0.29) is 16.5 Å². The molecule has 0 aliphatic carbocycles. The van der Waals surface area contributed by atoms with Crippen LogP contribution in [-0.4, -0.2) is 20.6 Å². The van der Waals surface area contributed by atoms with Gasteiger partial charge in [0.15, 0.2) is 0 Å². The Morgan fingerprint density at radius 3 is 2.57 bits per heavy atom. The molecule has 112 valence electrons. The molecule has 1 heterocycles. The van der Waals surface area contributed by atoms with Crippen LogP contribution in [0.4, 0.5) is 0 Å². The molecule has 6 nitrogen and oxygen atoms in total. The molecule has 6 heteroatoms. The van der Waals surface area contributed by atoms with E-state index in [4.69, 9.17) is 0 Å². The number of aromatic nitrogens is 2. The Labute approximate surface area is 121 Å². The molecule has 0 atom stereocenters. The van der Waals surface area contributed by atoms with Crippen molar-refractivity contribution in [3.05, 3.63) is 44.5 Å². The number of H-pyrrole nitrogens is 1. The molecule has 0 saturated heterocycles. The van der Waals surface area contributed by atoms with Crippen LogP contribution in [0.2, 0.25) is 0 Å². The Bertz CT molecular complexity index is 815. The van der Waals surface area contributed by atoms with E-state index in [1.54, 1.807) is 12.1 Å². The third-order valence-corrected chi connectivity index (χ3v) is 3.78. The van der Waals surface area contributed by atoms with Crippen LogP contribution in [0.15, 0.2) is 27.8 Å². The highest BCUT2D eigenvalue weighted by molar-refractivity contribution is 6.00. The van der Waals surface area contributed by atoms with Gasteiger partial charge in [-0.25, -0.2) is 4.79 Å². The fourth-order valence-corrected chi connectivity index (χ4v) is 2.17. The van der Waals surface area contributed by atoms with Crippen LogP contribution < -0.4 is 11.1 Å². The SMILES string of the molecule is CCC(C)(C)Cn1c(=O)c(=O)[nH]c2c(C(=O)O)cccc21. The number of carboxylic acids is 1. The molecule has 2 rings (SSSR count). The van der Waals surface area contributed by atoms with Crippen molar-refractivity contribution in [3.63, 3.8) is 0 Å². The van der Waals surface area contributed by atoms with Gasteiger partial charge in [0.1, 0.15) is 0 Å². The Morgan fingerprint density at radius 1 is 1.33 bits per heavy atom. The maximum absolute atomic E-state index is 12.1. The van der Waals surface area contributed by atoms with Gasteiger partial charge in [0.2, 0.25) is 0 Å². The second kappa shape index (κ2) is 5.20. The molecular weight excluding hydrogens is 272 g/mol. The fourth-order valence-electron chi connectivity index (χ4n) is 2.17. The molecule has 1 aromatic carbocycles. The topological polar surface area (TPSA) is 92.2 Å². The Balaban J connectivity index is 2.84. The van der Waals surface area contributed by atoms with Gasteiger partial charge < -0.3 is 14.7 Å². The molecule has 0 aliphatic rings. The number of aromatic amines is 1. The van der Waals surface area contributed by atoms with Crippen molar-refractivity contribution in [3.8, 4) is 0 Å². The summed E-state index contributed by atoms with van der Waals surface area (Å²) in [6.45, 7) is 6.34. The summed E-state index contributed by atoms with van der Waals surface area (Å²) in [4.78, 5) is 37.6. The van der Waals surface area contributed by atoms with E-state index >= 15 is 0 Å². The van der Waals surface area contributed by atoms with Crippen molar-refractivity contribution in [2.24, 2.45) is 5.41 Å². The zero-order valence-corrected chi connectivity index (χ0v) is 12.3. The number of nitrogens with zero attached hydrogens (tertiary/aromatic N) is 1. The van der Waals surface area contributed by atoms with Crippen LogP contribution in [0, 0.1) is 5.41 Å². The normalized spacial score (nSPS) is 11.8. The van der Waals surface area contributed by atoms with E-state index in [2.05, 4.69) is 4.98 Å². The van der Waals surface area contributed by atoms with E-state index in [1.807, 2.05) is 20.8 Å². The number of para-hydroxylation sites is 1. The molecule has 0 aliphatic heterocycles. The molecule has 0 fully saturated rings. The summed E-state index contributed by atoms with van der Waals surface area (Å²) in [5.74, 6) is -1.14. The summed E-state index contributed by atoms with van der Waals surface area (Å²) < 4.78 is 1.37. The second-order valence-corrected chi connectivity index (χ2v) is 5.87. The monoisotopic (exact) mass is 290 g/mol. The number of hydrogen-bond donors (Lipinski definition) is 2. The minimum Gasteiger partial charge on any atom is -0.478 e. The highest BCUT2D eigenvalue weighted by Gasteiger charge is 2.20. The number of hydrogen-bond acceptors (Lipinski definition) is 3. The number of benzene rings is 1. The molecule has 2 aromatic rings. The minimum atomic E-state index is -1.14. The summed E-state index contributed by atoms with van der Waals surface area (Å²) in [5, 5.41) is 9.20. The van der Waals surface area contributed by atoms with Crippen molar-refractivity contribution >= 4 is 17.0 Å². The van der Waals surface area contributed by atoms with E-state index in [0.29, 0.717) is 12.1 Å². The van der Waals surface area contributed by atoms with Gasteiger partial charge in [-0.05, 0) is 24.0 Å². The van der Waals surface area contributed by atoms with Crippen LogP contribution in [-0.2, 0) is 6.54 Å². The summed E-state index contributed by atoms with van der Waals surface area (Å²) in [7, 11) is 0. The van der Waals surface area contributed by atoms with Gasteiger partial charge in [-0.3, -0.25) is 9.59 Å². The molecule has 0 amide bonds. The maximum atomic E-state index is 12.1. The lowest BCUT2D eigenvalue weighted by Crippen LogP contribution is -2.39. The largest absolute Gasteiger partial charge is 0.478 e. The number of nitrogens with one attached hydrogen (secondary N) is 1. The van der Waals surface area contributed by atoms with Crippen LogP contribution in [0.1, 0.15) is 37.6 Å². The van der Waals surface area contributed by atoms with Crippen LogP contribution in [0.5, 0.6) is 0 Å². The average molecular weight is 290 g/mol. The number of carbonyl (C=O) groups is 1. The number of aromatic carboxylic acids is 1. The standard InChI is InChI=1S/C15H18N2O4/c1-4-15(2,3)8-17-10-7-5-6-9(14(20)21)11(10)16-12(18)13(17)19/h5-7H,4,8H2,1-3H3,(H,16,18)(H,20,21). The van der Waals surface area contributed by atoms with Gasteiger partial charge in [0.05, 0.1) is 16.6 Å². The summed E-state index contributed by atoms with van der Waals surface area (Å²) in [6, 6.07) is 4.62. The van der Waals surface area contributed by atoms with Crippen molar-refractivity contribution in [1.82, 2.24) is 9.55 Å². The third-order valence-electron chi connectivity index (χ3n) is 3.78. The summed E-state index contributed by atoms with van der Waals surface area (Å²) >= 11 is 0. The molecule has 1 aromatic heterocycles. The molecule has 0 radical (unpaired) electrons. The lowest BCUT2D eigenvalue weighted by atomic mass is 9.90. The van der Waals surface area contributed by atoms with Crippen molar-refractivity contribution in [1.29, 1.82) is 0 Å². The van der Waals surface area contributed by atoms with Crippen LogP contribution in [0.25, 0.3) is 11.0 Å². The first-order chi connectivity index (χ1) is 9.76. The fraction of sp³-hybridized carbons (Fsp3) is 0.400. The van der Waals surface area contributed by atoms with Crippen molar-refractivity contribution in [2.45, 2.75) is 33.7 Å². The number of fused-ring (bicyclic) bond motifs is 1. The van der Waals surface area contributed by atoms with Gasteiger partial charge >= 0.3 is 17.1 Å². The third kappa shape index (κ3) is 2.74. The van der Waals surface area contributed by atoms with Crippen molar-refractivity contribution < 1.29 is 9.90 Å². The second-order valence-electron chi connectivity index (χ2n) is 5.87. The predicted molar refractivity (Wildman–Crippen MR) is 79.9 cm³/mol. The first-order valence-corrected chi connectivity index (χ1v) is 6.76. The quantitative estimate of drug-likeness (QED) is 0.840. The lowest BCUT2D eigenvalue weighted by Gasteiger charge is -2.24. The van der Waals surface area contributed by atoms with Gasteiger partial charge in [-0.2, -0.15) is 0 Å². The van der Waals surface area contributed by atoms with E-state index in [1.165, 1.54) is 10.6 Å². The zero-order valence-electron chi connectivity index (χ0n) is 12.3. The van der Waals surface area contributed by atoms with Crippen molar-refractivity contribution in [2.75, 3.05) is 0 Å². The molecular formula is C15H18N2O4. The van der Waals surface area contributed by atoms with E-state index in [9.17, 15) is 19.5 Å². The highest BCUT2D eigenvalue weighted by atomic mass is 16.4. The first kappa shape index (κ1) is 15.0. The predicted octanol–water partition coefficient (Wildman–Crippen LogP) is 1.82. The molecule has 0 unspecified atom stereocenters. The smallest absolute Gasteiger partial charge is 0.337 e. The average Bonchev–Trinajstić information content (AvgIpc) is 2.43. The molecule has 21 heavy (non-hydrogen) atoms. The Kier molecular flexibility index (Phi) is 3.72. The van der Waals surface area contributed by atoms with E-state index in [0.717, 1.165) is 6.42 Å².